The van der Waals surface area contributed by atoms with Crippen LogP contribution >= 0.6 is 11.5 Å². The standard InChI is InChI=1S/C21H25N3O2S/c1-13(2)18(22)11-10-15(4)20-19(12-23-27-20)24-21(25)26-16(5)17-9-7-6-8-14(17)3/h6-12,16H,1,22H2,2-5H3,(H,24,25)/b15-10+,18-11+/t16-/m1/s1. The minimum absolute atomic E-state index is 0.351. The number of benzene rings is 1. The second-order valence-electron chi connectivity index (χ2n) is 6.35. The number of carbonyl (C=O) groups excluding carboxylic acids is 1. The van der Waals surface area contributed by atoms with Gasteiger partial charge in [-0.3, -0.25) is 5.32 Å². The van der Waals surface area contributed by atoms with E-state index in [2.05, 4.69) is 16.3 Å². The van der Waals surface area contributed by atoms with Gasteiger partial charge in [-0.15, -0.1) is 0 Å². The van der Waals surface area contributed by atoms with E-state index >= 15 is 0 Å². The molecule has 0 fully saturated rings. The molecule has 3 N–H and O–H groups in total. The lowest BCUT2D eigenvalue weighted by Crippen LogP contribution is -2.16. The summed E-state index contributed by atoms with van der Waals surface area (Å²) in [5, 5.41) is 2.78. The molecule has 0 aliphatic carbocycles. The van der Waals surface area contributed by atoms with Crippen LogP contribution in [0.4, 0.5) is 10.5 Å². The minimum Gasteiger partial charge on any atom is -0.441 e. The molecular formula is C21H25N3O2S. The third-order valence-corrected chi connectivity index (χ3v) is 5.02. The van der Waals surface area contributed by atoms with E-state index in [0.717, 1.165) is 27.2 Å². The van der Waals surface area contributed by atoms with Crippen molar-refractivity contribution in [3.8, 4) is 0 Å². The summed E-state index contributed by atoms with van der Waals surface area (Å²) in [4.78, 5) is 13.2. The van der Waals surface area contributed by atoms with Crippen LogP contribution in [0.25, 0.3) is 5.57 Å². The summed E-state index contributed by atoms with van der Waals surface area (Å²) >= 11 is 1.30. The predicted molar refractivity (Wildman–Crippen MR) is 113 cm³/mol. The number of ether oxygens (including phenoxy) is 1. The van der Waals surface area contributed by atoms with Crippen LogP contribution < -0.4 is 11.1 Å². The van der Waals surface area contributed by atoms with Crippen molar-refractivity contribution in [1.29, 1.82) is 0 Å². The number of rotatable bonds is 6. The highest BCUT2D eigenvalue weighted by atomic mass is 32.1. The van der Waals surface area contributed by atoms with E-state index in [1.54, 1.807) is 12.3 Å². The average molecular weight is 384 g/mol. The highest BCUT2D eigenvalue weighted by Crippen LogP contribution is 2.28. The van der Waals surface area contributed by atoms with Gasteiger partial charge in [0.25, 0.3) is 0 Å². The lowest BCUT2D eigenvalue weighted by Gasteiger charge is -2.16. The molecule has 1 aromatic carbocycles. The number of anilines is 1. The van der Waals surface area contributed by atoms with Gasteiger partial charge in [-0.1, -0.05) is 36.9 Å². The Hall–Kier alpha value is -2.86. The highest BCUT2D eigenvalue weighted by molar-refractivity contribution is 7.07. The minimum atomic E-state index is -0.517. The molecule has 1 aromatic heterocycles. The van der Waals surface area contributed by atoms with Crippen LogP contribution in [0.2, 0.25) is 0 Å². The summed E-state index contributed by atoms with van der Waals surface area (Å²) in [6.07, 6.45) is 4.42. The highest BCUT2D eigenvalue weighted by Gasteiger charge is 2.16. The number of carbonyl (C=O) groups is 1. The van der Waals surface area contributed by atoms with Crippen LogP contribution in [-0.2, 0) is 4.74 Å². The number of aryl methyl sites for hydroxylation is 1. The van der Waals surface area contributed by atoms with Gasteiger partial charge < -0.3 is 10.5 Å². The normalized spacial score (nSPS) is 13.2. The van der Waals surface area contributed by atoms with E-state index in [9.17, 15) is 4.79 Å². The maximum atomic E-state index is 12.3. The van der Waals surface area contributed by atoms with Crippen molar-refractivity contribution in [2.75, 3.05) is 5.32 Å². The Bertz CT molecular complexity index is 896. The van der Waals surface area contributed by atoms with Crippen LogP contribution in [-0.4, -0.2) is 10.5 Å². The fourth-order valence-corrected chi connectivity index (χ4v) is 3.13. The molecule has 0 spiro atoms. The van der Waals surface area contributed by atoms with E-state index in [0.29, 0.717) is 11.4 Å². The van der Waals surface area contributed by atoms with E-state index in [1.165, 1.54) is 11.5 Å². The molecule has 1 heterocycles. The topological polar surface area (TPSA) is 77.2 Å². The van der Waals surface area contributed by atoms with E-state index in [1.807, 2.05) is 58.0 Å². The van der Waals surface area contributed by atoms with Gasteiger partial charge in [0.15, 0.2) is 0 Å². The van der Waals surface area contributed by atoms with Crippen molar-refractivity contribution >= 4 is 28.9 Å². The van der Waals surface area contributed by atoms with Gasteiger partial charge in [-0.25, -0.2) is 4.79 Å². The first-order chi connectivity index (χ1) is 12.8. The zero-order chi connectivity index (χ0) is 20.0. The first-order valence-corrected chi connectivity index (χ1v) is 9.35. The molecule has 6 heteroatoms. The summed E-state index contributed by atoms with van der Waals surface area (Å²) in [5.74, 6) is 0. The molecule has 142 valence electrons. The van der Waals surface area contributed by atoms with Gasteiger partial charge in [-0.05, 0) is 67.6 Å². The largest absolute Gasteiger partial charge is 0.441 e. The summed E-state index contributed by atoms with van der Waals surface area (Å²) in [7, 11) is 0. The van der Waals surface area contributed by atoms with Crippen molar-refractivity contribution in [3.63, 3.8) is 0 Å². The predicted octanol–water partition coefficient (Wildman–Crippen LogP) is 5.58. The van der Waals surface area contributed by atoms with E-state index < -0.39 is 6.09 Å². The maximum absolute atomic E-state index is 12.3. The number of aromatic nitrogens is 1. The fraction of sp³-hybridized carbons (Fsp3) is 0.238. The zero-order valence-electron chi connectivity index (χ0n) is 16.1. The van der Waals surface area contributed by atoms with Crippen LogP contribution in [0.3, 0.4) is 0 Å². The van der Waals surface area contributed by atoms with Gasteiger partial charge in [0.2, 0.25) is 0 Å². The molecular weight excluding hydrogens is 358 g/mol. The van der Waals surface area contributed by atoms with Crippen LogP contribution in [0.5, 0.6) is 0 Å². The Morgan fingerprint density at radius 2 is 2.04 bits per heavy atom. The van der Waals surface area contributed by atoms with Gasteiger partial charge >= 0.3 is 6.09 Å². The molecule has 0 saturated carbocycles. The molecule has 5 nitrogen and oxygen atoms in total. The monoisotopic (exact) mass is 383 g/mol. The van der Waals surface area contributed by atoms with Crippen molar-refractivity contribution in [2.45, 2.75) is 33.8 Å². The third kappa shape index (κ3) is 5.56. The first kappa shape index (κ1) is 20.5. The van der Waals surface area contributed by atoms with Crippen LogP contribution in [0.15, 0.2) is 60.5 Å². The van der Waals surface area contributed by atoms with Crippen molar-refractivity contribution in [3.05, 3.63) is 76.5 Å². The first-order valence-electron chi connectivity index (χ1n) is 8.57. The molecule has 0 bridgehead atoms. The summed E-state index contributed by atoms with van der Waals surface area (Å²) in [5.41, 5.74) is 10.9. The second kappa shape index (κ2) is 9.19. The van der Waals surface area contributed by atoms with Crippen LogP contribution in [0, 0.1) is 6.92 Å². The molecule has 2 rings (SSSR count). The lowest BCUT2D eigenvalue weighted by atomic mass is 10.1. The molecule has 0 saturated heterocycles. The van der Waals surface area contributed by atoms with E-state index in [4.69, 9.17) is 10.5 Å². The molecule has 0 radical (unpaired) electrons. The average Bonchev–Trinajstić information content (AvgIpc) is 3.07. The van der Waals surface area contributed by atoms with Gasteiger partial charge in [0, 0.05) is 5.70 Å². The Labute approximate surface area is 164 Å². The fourth-order valence-electron chi connectivity index (χ4n) is 2.45. The number of nitrogens with two attached hydrogens (primary N) is 1. The van der Waals surface area contributed by atoms with Crippen molar-refractivity contribution < 1.29 is 9.53 Å². The number of hydrogen-bond donors (Lipinski definition) is 2. The number of nitrogens with zero attached hydrogens (tertiary/aromatic N) is 1. The molecule has 1 amide bonds. The second-order valence-corrected chi connectivity index (χ2v) is 7.15. The third-order valence-electron chi connectivity index (χ3n) is 4.08. The van der Waals surface area contributed by atoms with Gasteiger partial charge in [0.05, 0.1) is 16.8 Å². The van der Waals surface area contributed by atoms with Crippen molar-refractivity contribution in [2.24, 2.45) is 5.73 Å². The molecule has 27 heavy (non-hydrogen) atoms. The SMILES string of the molecule is C=C(C)/C(N)=C\C=C(/C)c1sncc1NC(=O)O[C@H](C)c1ccccc1C. The van der Waals surface area contributed by atoms with Gasteiger partial charge in [0.1, 0.15) is 6.10 Å². The number of amides is 1. The number of hydrogen-bond acceptors (Lipinski definition) is 5. The Kier molecular flexibility index (Phi) is 6.96. The smallest absolute Gasteiger partial charge is 0.412 e. The Balaban J connectivity index is 2.08. The molecule has 2 aromatic rings. The number of allylic oxidation sites excluding steroid dienone is 4. The molecule has 0 aliphatic rings. The van der Waals surface area contributed by atoms with Crippen LogP contribution in [0.1, 0.15) is 42.9 Å². The Morgan fingerprint density at radius 3 is 2.70 bits per heavy atom. The maximum Gasteiger partial charge on any atom is 0.412 e. The molecule has 0 unspecified atom stereocenters. The summed E-state index contributed by atoms with van der Waals surface area (Å²) < 4.78 is 9.69. The van der Waals surface area contributed by atoms with Gasteiger partial charge in [-0.2, -0.15) is 4.37 Å². The quantitative estimate of drug-likeness (QED) is 0.638. The lowest BCUT2D eigenvalue weighted by molar-refractivity contribution is 0.121. The zero-order valence-corrected chi connectivity index (χ0v) is 16.9. The Morgan fingerprint density at radius 1 is 1.33 bits per heavy atom. The molecule has 1 atom stereocenters. The van der Waals surface area contributed by atoms with E-state index in [-0.39, 0.29) is 6.10 Å². The summed E-state index contributed by atoms with van der Waals surface area (Å²) in [6, 6.07) is 7.83. The molecule has 0 aliphatic heterocycles. The van der Waals surface area contributed by atoms with Crippen molar-refractivity contribution in [1.82, 2.24) is 4.37 Å². The summed E-state index contributed by atoms with van der Waals surface area (Å²) in [6.45, 7) is 11.4. The number of nitrogens with one attached hydrogen (secondary N) is 1.